The Labute approximate surface area is 202 Å². The smallest absolute Gasteiger partial charge is 0.433 e. The van der Waals surface area contributed by atoms with Crippen LogP contribution >= 0.6 is 0 Å². The fourth-order valence-electron chi connectivity index (χ4n) is 2.97. The average molecular weight is 568 g/mol. The third-order valence-corrected chi connectivity index (χ3v) is 4.45. The monoisotopic (exact) mass is 566 g/mol. The molecule has 0 N–H and O–H groups in total. The van der Waals surface area contributed by atoms with Gasteiger partial charge in [0, 0.05) is 24.3 Å². The van der Waals surface area contributed by atoms with Gasteiger partial charge in [-0.25, -0.2) is 0 Å². The van der Waals surface area contributed by atoms with Crippen molar-refractivity contribution >= 4 is 11.8 Å². The predicted molar refractivity (Wildman–Crippen MR) is 101 cm³/mol. The number of furan rings is 2. The lowest BCUT2D eigenvalue weighted by molar-refractivity contribution is -0.690. The number of pyridine rings is 2. The van der Waals surface area contributed by atoms with E-state index in [9.17, 15) is 20.2 Å². The summed E-state index contributed by atoms with van der Waals surface area (Å²) in [6, 6.07) is 13.6. The van der Waals surface area contributed by atoms with E-state index in [1.54, 1.807) is 12.1 Å². The van der Waals surface area contributed by atoms with Crippen LogP contribution in [0.2, 0.25) is 0 Å². The molecule has 0 aromatic carbocycles. The Morgan fingerprint density at radius 1 is 0.625 bits per heavy atom. The van der Waals surface area contributed by atoms with Gasteiger partial charge in [0.1, 0.15) is 9.85 Å². The van der Waals surface area contributed by atoms with Gasteiger partial charge in [-0.15, -0.1) is 0 Å². The summed E-state index contributed by atoms with van der Waals surface area (Å²) in [6.45, 7) is 0.774. The van der Waals surface area contributed by atoms with Gasteiger partial charge in [0.2, 0.25) is 13.1 Å². The Morgan fingerprint density at radius 3 is 1.25 bits per heavy atom. The number of nitrogens with zero attached hydrogens (tertiary/aromatic N) is 4. The molecular formula is C20H16Br2N4O6. The Balaban J connectivity index is 0.00000181. The highest BCUT2D eigenvalue weighted by atomic mass is 79.9. The summed E-state index contributed by atoms with van der Waals surface area (Å²) in [7, 11) is 0. The minimum Gasteiger partial charge on any atom is -1.00 e. The summed E-state index contributed by atoms with van der Waals surface area (Å²) < 4.78 is 14.1. The van der Waals surface area contributed by atoms with Crippen molar-refractivity contribution in [3.8, 4) is 11.1 Å². The molecule has 0 saturated carbocycles. The van der Waals surface area contributed by atoms with Crippen molar-refractivity contribution in [2.45, 2.75) is 13.1 Å². The summed E-state index contributed by atoms with van der Waals surface area (Å²) in [5, 5.41) is 21.4. The van der Waals surface area contributed by atoms with Crippen molar-refractivity contribution in [2.24, 2.45) is 0 Å². The molecule has 4 aromatic heterocycles. The minimum absolute atomic E-state index is 0. The van der Waals surface area contributed by atoms with Crippen molar-refractivity contribution in [1.82, 2.24) is 0 Å². The number of aromatic nitrogens is 2. The second-order valence-electron chi connectivity index (χ2n) is 6.51. The van der Waals surface area contributed by atoms with Gasteiger partial charge in [-0.3, -0.25) is 20.2 Å². The molecule has 0 aliphatic rings. The first kappa shape index (κ1) is 24.9. The van der Waals surface area contributed by atoms with Gasteiger partial charge < -0.3 is 42.8 Å². The maximum atomic E-state index is 10.7. The number of hydrogen-bond acceptors (Lipinski definition) is 6. The first-order valence-corrected chi connectivity index (χ1v) is 8.93. The van der Waals surface area contributed by atoms with Crippen LogP contribution in [0, 0.1) is 20.2 Å². The summed E-state index contributed by atoms with van der Waals surface area (Å²) >= 11 is 0. The zero-order chi connectivity index (χ0) is 21.1. The highest BCUT2D eigenvalue weighted by molar-refractivity contribution is 5.60. The molecule has 32 heavy (non-hydrogen) atoms. The van der Waals surface area contributed by atoms with Crippen molar-refractivity contribution in [2.75, 3.05) is 0 Å². The molecule has 0 aliphatic carbocycles. The van der Waals surface area contributed by atoms with Crippen LogP contribution in [0.4, 0.5) is 11.8 Å². The van der Waals surface area contributed by atoms with E-state index in [-0.39, 0.29) is 45.7 Å². The molecule has 0 spiro atoms. The van der Waals surface area contributed by atoms with E-state index < -0.39 is 9.85 Å². The maximum absolute atomic E-state index is 10.7. The molecule has 0 fully saturated rings. The Morgan fingerprint density at radius 2 is 0.969 bits per heavy atom. The second kappa shape index (κ2) is 10.8. The lowest BCUT2D eigenvalue weighted by Gasteiger charge is -2.00. The van der Waals surface area contributed by atoms with Crippen LogP contribution in [-0.2, 0) is 13.1 Å². The van der Waals surface area contributed by atoms with E-state index in [0.717, 1.165) is 11.1 Å². The van der Waals surface area contributed by atoms with Crippen LogP contribution in [0.1, 0.15) is 11.5 Å². The first-order valence-electron chi connectivity index (χ1n) is 8.93. The second-order valence-corrected chi connectivity index (χ2v) is 6.51. The van der Waals surface area contributed by atoms with Gasteiger partial charge in [0.15, 0.2) is 36.3 Å². The summed E-state index contributed by atoms with van der Waals surface area (Å²) in [4.78, 5) is 20.3. The third-order valence-electron chi connectivity index (χ3n) is 4.45. The van der Waals surface area contributed by atoms with Crippen LogP contribution in [0.15, 0.2) is 82.2 Å². The molecule has 0 atom stereocenters. The van der Waals surface area contributed by atoms with E-state index in [4.69, 9.17) is 8.83 Å². The third kappa shape index (κ3) is 5.86. The molecule has 4 rings (SSSR count). The minimum atomic E-state index is -0.563. The molecule has 0 unspecified atom stereocenters. The van der Waals surface area contributed by atoms with E-state index in [2.05, 4.69) is 0 Å². The molecule has 0 radical (unpaired) electrons. The quantitative estimate of drug-likeness (QED) is 0.134. The topological polar surface area (TPSA) is 120 Å². The average Bonchev–Trinajstić information content (AvgIpc) is 3.39. The molecule has 0 bridgehead atoms. The number of halogens is 2. The fraction of sp³-hybridized carbons (Fsp3) is 0.100. The summed E-state index contributed by atoms with van der Waals surface area (Å²) in [5.74, 6) is 0.449. The van der Waals surface area contributed by atoms with Crippen molar-refractivity contribution in [1.29, 1.82) is 0 Å². The van der Waals surface area contributed by atoms with Gasteiger partial charge in [-0.1, -0.05) is 0 Å². The highest BCUT2D eigenvalue weighted by Crippen LogP contribution is 2.18. The van der Waals surface area contributed by atoms with Crippen LogP contribution in [0.25, 0.3) is 11.1 Å². The van der Waals surface area contributed by atoms with Crippen LogP contribution in [0.3, 0.4) is 0 Å². The number of hydrogen-bond donors (Lipinski definition) is 0. The fourth-order valence-corrected chi connectivity index (χ4v) is 2.97. The Kier molecular flexibility index (Phi) is 8.38. The molecule has 166 valence electrons. The normalized spacial score (nSPS) is 10.1. The summed E-state index contributed by atoms with van der Waals surface area (Å²) in [5.41, 5.74) is 2.00. The van der Waals surface area contributed by atoms with Crippen LogP contribution < -0.4 is 43.1 Å². The summed E-state index contributed by atoms with van der Waals surface area (Å²) in [6.07, 6.45) is 7.47. The molecular weight excluding hydrogens is 552 g/mol. The van der Waals surface area contributed by atoms with E-state index in [1.807, 2.05) is 58.2 Å². The van der Waals surface area contributed by atoms with Crippen molar-refractivity contribution in [3.63, 3.8) is 0 Å². The van der Waals surface area contributed by atoms with Crippen LogP contribution in [-0.4, -0.2) is 9.85 Å². The lowest BCUT2D eigenvalue weighted by atomic mass is 10.1. The zero-order valence-corrected chi connectivity index (χ0v) is 19.5. The molecule has 4 aromatic rings. The molecule has 10 nitrogen and oxygen atoms in total. The van der Waals surface area contributed by atoms with Gasteiger partial charge in [-0.05, 0) is 23.3 Å². The first-order chi connectivity index (χ1) is 14.5. The van der Waals surface area contributed by atoms with Gasteiger partial charge in [0.05, 0.1) is 12.1 Å². The molecule has 12 heteroatoms. The predicted octanol–water partition coefficient (Wildman–Crippen LogP) is -2.96. The molecule has 0 amide bonds. The largest absolute Gasteiger partial charge is 1.00 e. The van der Waals surface area contributed by atoms with Gasteiger partial charge in [-0.2, -0.15) is 9.13 Å². The Hall–Kier alpha value is -3.38. The van der Waals surface area contributed by atoms with E-state index in [1.165, 1.54) is 12.1 Å². The molecule has 4 heterocycles. The standard InChI is InChI=1S/C20H16N4O6.2BrH/c25-23(26)19-3-1-17(29-19)13-21-9-5-15(6-10-21)16-7-11-22(12-8-16)14-18-2-4-20(30-18)24(27)28;;/h1-12H,13-14H2;2*1H/q+2;;/p-2. The molecule has 0 aliphatic heterocycles. The lowest BCUT2D eigenvalue weighted by Crippen LogP contribution is -3.00. The van der Waals surface area contributed by atoms with E-state index >= 15 is 0 Å². The van der Waals surface area contributed by atoms with Crippen LogP contribution in [0.5, 0.6) is 0 Å². The Bertz CT molecular complexity index is 1110. The maximum Gasteiger partial charge on any atom is 0.433 e. The zero-order valence-electron chi connectivity index (χ0n) is 16.3. The van der Waals surface area contributed by atoms with E-state index in [0.29, 0.717) is 24.6 Å². The van der Waals surface area contributed by atoms with Crippen molar-refractivity contribution in [3.05, 3.63) is 105 Å². The van der Waals surface area contributed by atoms with Gasteiger partial charge in [0.25, 0.3) is 0 Å². The highest BCUT2D eigenvalue weighted by Gasteiger charge is 2.16. The van der Waals surface area contributed by atoms with Gasteiger partial charge >= 0.3 is 11.8 Å². The molecule has 0 saturated heterocycles. The van der Waals surface area contributed by atoms with Crippen molar-refractivity contribution < 1.29 is 61.8 Å². The SMILES string of the molecule is O=[N+]([O-])c1ccc(C[n+]2ccc(-c3cc[n+](Cc4ccc([N+](=O)[O-])o4)cc3)cc2)o1.[Br-].[Br-]. The number of rotatable bonds is 7. The number of nitro groups is 2.